The minimum absolute atomic E-state index is 0.155. The summed E-state index contributed by atoms with van der Waals surface area (Å²) in [5.41, 5.74) is 1.03. The number of nitrogens with one attached hydrogen (secondary N) is 1. The molecule has 1 N–H and O–H groups in total. The van der Waals surface area contributed by atoms with E-state index in [-0.39, 0.29) is 5.92 Å². The maximum atomic E-state index is 10.5. The summed E-state index contributed by atoms with van der Waals surface area (Å²) in [6, 6.07) is 5.47. The Morgan fingerprint density at radius 3 is 2.67 bits per heavy atom. The lowest BCUT2D eigenvalue weighted by Gasteiger charge is -2.14. The molecule has 4 heteroatoms. The highest BCUT2D eigenvalue weighted by atomic mass is 35.5. The molecule has 82 valence electrons. The van der Waals surface area contributed by atoms with E-state index in [4.69, 9.17) is 23.2 Å². The highest BCUT2D eigenvalue weighted by Crippen LogP contribution is 2.27. The van der Waals surface area contributed by atoms with E-state index in [1.165, 1.54) is 0 Å². The standard InChI is InChI=1S/C11H13Cl2NO/c1-14-7-9(4-5-15)8-2-3-10(12)11(13)6-8/h2-3,5-6,9,14H,4,7H2,1H3/t9-/m1/s1. The molecule has 1 rings (SSSR count). The molecule has 0 aromatic heterocycles. The number of aldehydes is 1. The Morgan fingerprint density at radius 1 is 1.40 bits per heavy atom. The fourth-order valence-corrected chi connectivity index (χ4v) is 1.77. The fourth-order valence-electron chi connectivity index (χ4n) is 1.47. The monoisotopic (exact) mass is 245 g/mol. The van der Waals surface area contributed by atoms with Gasteiger partial charge in [-0.15, -0.1) is 0 Å². The van der Waals surface area contributed by atoms with Crippen LogP contribution in [0.2, 0.25) is 10.0 Å². The summed E-state index contributed by atoms with van der Waals surface area (Å²) in [6.45, 7) is 0.747. The van der Waals surface area contributed by atoms with Crippen LogP contribution in [0.15, 0.2) is 18.2 Å². The molecule has 15 heavy (non-hydrogen) atoms. The van der Waals surface area contributed by atoms with Crippen LogP contribution in [0.4, 0.5) is 0 Å². The van der Waals surface area contributed by atoms with Gasteiger partial charge in [0.05, 0.1) is 10.0 Å². The molecule has 0 spiro atoms. The first-order valence-corrected chi connectivity index (χ1v) is 5.47. The number of halogens is 2. The van der Waals surface area contributed by atoms with E-state index in [0.717, 1.165) is 18.4 Å². The summed E-state index contributed by atoms with van der Waals surface area (Å²) < 4.78 is 0. The molecule has 0 unspecified atom stereocenters. The second-order valence-corrected chi connectivity index (χ2v) is 4.14. The van der Waals surface area contributed by atoms with Crippen molar-refractivity contribution in [3.05, 3.63) is 33.8 Å². The Hall–Kier alpha value is -0.570. The normalized spacial score (nSPS) is 12.5. The minimum Gasteiger partial charge on any atom is -0.319 e. The Bertz CT molecular complexity index is 341. The number of carbonyl (C=O) groups excluding carboxylic acids is 1. The quantitative estimate of drug-likeness (QED) is 0.809. The van der Waals surface area contributed by atoms with Gasteiger partial charge in [-0.05, 0) is 24.7 Å². The average Bonchev–Trinajstić information content (AvgIpc) is 2.22. The Morgan fingerprint density at radius 2 is 2.13 bits per heavy atom. The molecule has 2 nitrogen and oxygen atoms in total. The van der Waals surface area contributed by atoms with E-state index < -0.39 is 0 Å². The number of hydrogen-bond acceptors (Lipinski definition) is 2. The summed E-state index contributed by atoms with van der Waals surface area (Å²) in [7, 11) is 1.86. The van der Waals surface area contributed by atoms with Crippen LogP contribution in [0, 0.1) is 0 Å². The number of benzene rings is 1. The van der Waals surface area contributed by atoms with E-state index >= 15 is 0 Å². The Kier molecular flexibility index (Phi) is 5.09. The number of rotatable bonds is 5. The predicted octanol–water partition coefficient (Wildman–Crippen LogP) is 2.89. The molecule has 0 saturated heterocycles. The van der Waals surface area contributed by atoms with E-state index in [1.54, 1.807) is 6.07 Å². The second-order valence-electron chi connectivity index (χ2n) is 3.33. The van der Waals surface area contributed by atoms with Gasteiger partial charge in [0, 0.05) is 18.9 Å². The highest BCUT2D eigenvalue weighted by Gasteiger charge is 2.11. The lowest BCUT2D eigenvalue weighted by molar-refractivity contribution is -0.108. The largest absolute Gasteiger partial charge is 0.319 e. The zero-order chi connectivity index (χ0) is 11.3. The van der Waals surface area contributed by atoms with Gasteiger partial charge in [-0.25, -0.2) is 0 Å². The van der Waals surface area contributed by atoms with Crippen molar-refractivity contribution in [2.24, 2.45) is 0 Å². The average molecular weight is 246 g/mol. The molecule has 0 fully saturated rings. The molecule has 0 aliphatic heterocycles. The predicted molar refractivity (Wildman–Crippen MR) is 63.8 cm³/mol. The van der Waals surface area contributed by atoms with E-state index in [9.17, 15) is 4.79 Å². The van der Waals surface area contributed by atoms with Gasteiger partial charge < -0.3 is 10.1 Å². The van der Waals surface area contributed by atoms with Gasteiger partial charge in [-0.2, -0.15) is 0 Å². The van der Waals surface area contributed by atoms with Crippen molar-refractivity contribution in [3.8, 4) is 0 Å². The van der Waals surface area contributed by atoms with Crippen LogP contribution in [0.5, 0.6) is 0 Å². The van der Waals surface area contributed by atoms with Crippen LogP contribution in [0.1, 0.15) is 17.9 Å². The second kappa shape index (κ2) is 6.11. The van der Waals surface area contributed by atoms with Gasteiger partial charge in [-0.3, -0.25) is 0 Å². The SMILES string of the molecule is CNC[C@@H](CC=O)c1ccc(Cl)c(Cl)c1. The molecule has 0 radical (unpaired) electrons. The van der Waals surface area contributed by atoms with Crippen LogP contribution < -0.4 is 5.32 Å². The minimum atomic E-state index is 0.155. The van der Waals surface area contributed by atoms with Crippen LogP contribution in [0.3, 0.4) is 0 Å². The molecule has 0 bridgehead atoms. The molecule has 0 aliphatic rings. The smallest absolute Gasteiger partial charge is 0.120 e. The van der Waals surface area contributed by atoms with Gasteiger partial charge in [0.25, 0.3) is 0 Å². The lowest BCUT2D eigenvalue weighted by Crippen LogP contribution is -2.17. The van der Waals surface area contributed by atoms with E-state index in [0.29, 0.717) is 16.5 Å². The van der Waals surface area contributed by atoms with Crippen molar-refractivity contribution in [2.75, 3.05) is 13.6 Å². The van der Waals surface area contributed by atoms with Gasteiger partial charge in [-0.1, -0.05) is 29.3 Å². The third kappa shape index (κ3) is 3.49. The molecule has 1 aromatic rings. The van der Waals surface area contributed by atoms with Gasteiger partial charge in [0.15, 0.2) is 0 Å². The third-order valence-corrected chi connectivity index (χ3v) is 2.99. The van der Waals surface area contributed by atoms with Crippen molar-refractivity contribution in [2.45, 2.75) is 12.3 Å². The molecule has 0 heterocycles. The molecular formula is C11H13Cl2NO. The van der Waals surface area contributed by atoms with Crippen LogP contribution in [0.25, 0.3) is 0 Å². The summed E-state index contributed by atoms with van der Waals surface area (Å²) in [5, 5.41) is 4.12. The number of carbonyl (C=O) groups is 1. The van der Waals surface area contributed by atoms with Crippen LogP contribution >= 0.6 is 23.2 Å². The first-order chi connectivity index (χ1) is 7.19. The van der Waals surface area contributed by atoms with Crippen LogP contribution in [-0.2, 0) is 4.79 Å². The Labute approximate surface area is 99.6 Å². The summed E-state index contributed by atoms with van der Waals surface area (Å²) >= 11 is 11.7. The van der Waals surface area contributed by atoms with Crippen molar-refractivity contribution >= 4 is 29.5 Å². The number of hydrogen-bond donors (Lipinski definition) is 1. The van der Waals surface area contributed by atoms with E-state index in [1.807, 2.05) is 19.2 Å². The number of likely N-dealkylation sites (N-methyl/N-ethyl adjacent to an activating group) is 1. The van der Waals surface area contributed by atoms with Crippen molar-refractivity contribution < 1.29 is 4.79 Å². The highest BCUT2D eigenvalue weighted by molar-refractivity contribution is 6.42. The topological polar surface area (TPSA) is 29.1 Å². The zero-order valence-electron chi connectivity index (χ0n) is 8.47. The molecule has 0 aliphatic carbocycles. The zero-order valence-corrected chi connectivity index (χ0v) is 9.98. The van der Waals surface area contributed by atoms with Gasteiger partial charge in [0.2, 0.25) is 0 Å². The molecular weight excluding hydrogens is 233 g/mol. The third-order valence-electron chi connectivity index (χ3n) is 2.25. The van der Waals surface area contributed by atoms with Crippen molar-refractivity contribution in [3.63, 3.8) is 0 Å². The van der Waals surface area contributed by atoms with Crippen molar-refractivity contribution in [1.82, 2.24) is 5.32 Å². The summed E-state index contributed by atoms with van der Waals surface area (Å²) in [5.74, 6) is 0.155. The van der Waals surface area contributed by atoms with Gasteiger partial charge >= 0.3 is 0 Å². The lowest BCUT2D eigenvalue weighted by atomic mass is 9.96. The summed E-state index contributed by atoms with van der Waals surface area (Å²) in [6.07, 6.45) is 1.41. The van der Waals surface area contributed by atoms with Crippen LogP contribution in [-0.4, -0.2) is 19.9 Å². The molecule has 0 amide bonds. The van der Waals surface area contributed by atoms with Gasteiger partial charge in [0.1, 0.15) is 6.29 Å². The molecule has 1 aromatic carbocycles. The van der Waals surface area contributed by atoms with E-state index in [2.05, 4.69) is 5.32 Å². The first-order valence-electron chi connectivity index (χ1n) is 4.72. The van der Waals surface area contributed by atoms with Crippen molar-refractivity contribution in [1.29, 1.82) is 0 Å². The maximum Gasteiger partial charge on any atom is 0.120 e. The molecule has 1 atom stereocenters. The maximum absolute atomic E-state index is 10.5. The Balaban J connectivity index is 2.89. The summed E-state index contributed by atoms with van der Waals surface area (Å²) in [4.78, 5) is 10.5. The fraction of sp³-hybridized carbons (Fsp3) is 0.364. The molecule has 0 saturated carbocycles. The first kappa shape index (κ1) is 12.5.